The van der Waals surface area contributed by atoms with Crippen molar-refractivity contribution in [3.8, 4) is 0 Å². The second-order valence-corrected chi connectivity index (χ2v) is 4.94. The van der Waals surface area contributed by atoms with Crippen molar-refractivity contribution in [3.63, 3.8) is 0 Å². The van der Waals surface area contributed by atoms with Crippen LogP contribution in [0, 0.1) is 5.41 Å². The van der Waals surface area contributed by atoms with Crippen molar-refractivity contribution in [1.82, 2.24) is 10.2 Å². The maximum Gasteiger partial charge on any atom is 0.180 e. The van der Waals surface area contributed by atoms with E-state index in [1.165, 1.54) is 11.3 Å². The Morgan fingerprint density at radius 3 is 2.41 bits per heavy atom. The summed E-state index contributed by atoms with van der Waals surface area (Å²) in [6.07, 6.45) is 1.46. The predicted molar refractivity (Wildman–Crippen MR) is 69.8 cm³/mol. The predicted octanol–water partition coefficient (Wildman–Crippen LogP) is 3.21. The maximum absolute atomic E-state index is 7.54. The van der Waals surface area contributed by atoms with E-state index in [9.17, 15) is 0 Å². The highest BCUT2D eigenvalue weighted by atomic mass is 16.5. The van der Waals surface area contributed by atoms with Crippen LogP contribution < -0.4 is 0 Å². The van der Waals surface area contributed by atoms with Crippen LogP contribution in [0.3, 0.4) is 0 Å². The molecule has 4 nitrogen and oxygen atoms in total. The molecule has 4 heteroatoms. The van der Waals surface area contributed by atoms with Crippen molar-refractivity contribution in [3.05, 3.63) is 17.0 Å². The van der Waals surface area contributed by atoms with Gasteiger partial charge in [0.25, 0.3) is 0 Å². The average Bonchev–Trinajstić information content (AvgIpc) is 2.69. The molecule has 0 unspecified atom stereocenters. The highest BCUT2D eigenvalue weighted by Gasteiger charge is 2.18. The van der Waals surface area contributed by atoms with Crippen LogP contribution in [0.15, 0.2) is 0 Å². The molecule has 1 rings (SSSR count). The van der Waals surface area contributed by atoms with Gasteiger partial charge in [0, 0.05) is 12.1 Å². The van der Waals surface area contributed by atoms with Crippen molar-refractivity contribution in [1.29, 1.82) is 5.41 Å². The number of H-pyrrole nitrogens is 1. The van der Waals surface area contributed by atoms with E-state index in [-0.39, 0.29) is 0 Å². The van der Waals surface area contributed by atoms with E-state index >= 15 is 0 Å². The van der Waals surface area contributed by atoms with Crippen LogP contribution in [0.2, 0.25) is 0 Å². The lowest BCUT2D eigenvalue weighted by Crippen LogP contribution is -2.05. The quantitative estimate of drug-likeness (QED) is 0.610. The van der Waals surface area contributed by atoms with Gasteiger partial charge in [0.05, 0.1) is 12.8 Å². The zero-order chi connectivity index (χ0) is 13.0. The summed E-state index contributed by atoms with van der Waals surface area (Å²) in [5.41, 5.74) is 3.58. The van der Waals surface area contributed by atoms with E-state index in [0.717, 1.165) is 12.1 Å². The molecule has 0 saturated carbocycles. The lowest BCUT2D eigenvalue weighted by atomic mass is 9.96. The Kier molecular flexibility index (Phi) is 4.73. The summed E-state index contributed by atoms with van der Waals surface area (Å²) in [5.74, 6) is 1.17. The Hall–Kier alpha value is -1.32. The van der Waals surface area contributed by atoms with E-state index < -0.39 is 0 Å². The minimum Gasteiger partial charge on any atom is -0.484 e. The number of hydrogen-bond donors (Lipinski definition) is 2. The molecule has 0 fully saturated rings. The molecule has 1 aromatic rings. The molecule has 2 N–H and O–H groups in total. The van der Waals surface area contributed by atoms with E-state index in [0.29, 0.717) is 24.2 Å². The molecule has 0 amide bonds. The first-order valence-corrected chi connectivity index (χ1v) is 6.15. The molecule has 17 heavy (non-hydrogen) atoms. The molecular weight excluding hydrogens is 214 g/mol. The van der Waals surface area contributed by atoms with Crippen molar-refractivity contribution in [2.45, 2.75) is 52.4 Å². The smallest absolute Gasteiger partial charge is 0.180 e. The fraction of sp³-hybridized carbons (Fsp3) is 0.692. The van der Waals surface area contributed by atoms with Crippen LogP contribution in [0.1, 0.15) is 62.9 Å². The Bertz CT molecular complexity index is 355. The molecule has 0 saturated heterocycles. The summed E-state index contributed by atoms with van der Waals surface area (Å²) >= 11 is 0. The van der Waals surface area contributed by atoms with Crippen LogP contribution in [0.25, 0.3) is 0 Å². The second kappa shape index (κ2) is 5.84. The Morgan fingerprint density at radius 2 is 1.94 bits per heavy atom. The maximum atomic E-state index is 7.54. The van der Waals surface area contributed by atoms with Crippen LogP contribution in [0.4, 0.5) is 0 Å². The molecule has 0 aliphatic rings. The number of nitrogens with zero attached hydrogens (tertiary/aromatic N) is 1. The first kappa shape index (κ1) is 13.7. The van der Waals surface area contributed by atoms with Gasteiger partial charge in [-0.2, -0.15) is 5.10 Å². The third-order valence-electron chi connectivity index (χ3n) is 2.90. The number of nitrogens with one attached hydrogen (secondary N) is 2. The Labute approximate surface area is 103 Å². The van der Waals surface area contributed by atoms with Gasteiger partial charge < -0.3 is 4.74 Å². The lowest BCUT2D eigenvalue weighted by Gasteiger charge is -2.10. The van der Waals surface area contributed by atoms with E-state index in [2.05, 4.69) is 37.9 Å². The van der Waals surface area contributed by atoms with Crippen molar-refractivity contribution in [2.24, 2.45) is 0 Å². The third kappa shape index (κ3) is 3.32. The summed E-state index contributed by atoms with van der Waals surface area (Å²) < 4.78 is 4.90. The first-order chi connectivity index (χ1) is 7.97. The van der Waals surface area contributed by atoms with Gasteiger partial charge >= 0.3 is 0 Å². The van der Waals surface area contributed by atoms with E-state index in [4.69, 9.17) is 10.1 Å². The van der Waals surface area contributed by atoms with Gasteiger partial charge in [-0.05, 0) is 23.8 Å². The minimum atomic E-state index is 0.329. The Morgan fingerprint density at radius 1 is 1.29 bits per heavy atom. The highest BCUT2D eigenvalue weighted by molar-refractivity contribution is 5.72. The van der Waals surface area contributed by atoms with Crippen LogP contribution in [-0.4, -0.2) is 23.2 Å². The standard InChI is InChI=1S/C13H23N3O/c1-8(2)12-10(6-7-11(14)17-5)13(9(3)4)16-15-12/h8-9,14H,6-7H2,1-5H3,(H,15,16). The fourth-order valence-electron chi connectivity index (χ4n) is 1.95. The molecule has 0 spiro atoms. The van der Waals surface area contributed by atoms with Gasteiger partial charge in [0.2, 0.25) is 0 Å². The van der Waals surface area contributed by atoms with Gasteiger partial charge in [-0.3, -0.25) is 10.5 Å². The van der Waals surface area contributed by atoms with Crippen molar-refractivity contribution < 1.29 is 4.74 Å². The van der Waals surface area contributed by atoms with E-state index in [1.54, 1.807) is 7.11 Å². The Balaban J connectivity index is 2.92. The van der Waals surface area contributed by atoms with Crippen molar-refractivity contribution in [2.75, 3.05) is 7.11 Å². The number of aromatic nitrogens is 2. The highest BCUT2D eigenvalue weighted by Crippen LogP contribution is 2.26. The summed E-state index contributed by atoms with van der Waals surface area (Å²) in [4.78, 5) is 0. The van der Waals surface area contributed by atoms with Crippen LogP contribution >= 0.6 is 0 Å². The normalized spacial score (nSPS) is 11.2. The molecule has 0 bridgehead atoms. The van der Waals surface area contributed by atoms with Gasteiger partial charge in [-0.25, -0.2) is 0 Å². The topological polar surface area (TPSA) is 61.8 Å². The second-order valence-electron chi connectivity index (χ2n) is 4.94. The summed E-state index contributed by atoms with van der Waals surface area (Å²) in [7, 11) is 1.55. The van der Waals surface area contributed by atoms with Gasteiger partial charge in [-0.1, -0.05) is 27.7 Å². The molecule has 1 heterocycles. The van der Waals surface area contributed by atoms with Gasteiger partial charge in [0.1, 0.15) is 0 Å². The number of aromatic amines is 1. The fourth-order valence-corrected chi connectivity index (χ4v) is 1.95. The molecule has 0 radical (unpaired) electrons. The zero-order valence-corrected chi connectivity index (χ0v) is 11.4. The van der Waals surface area contributed by atoms with Crippen molar-refractivity contribution >= 4 is 5.90 Å². The molecule has 1 aromatic heterocycles. The average molecular weight is 237 g/mol. The van der Waals surface area contributed by atoms with Crippen LogP contribution in [-0.2, 0) is 11.2 Å². The molecular formula is C13H23N3O. The minimum absolute atomic E-state index is 0.329. The summed E-state index contributed by atoms with van der Waals surface area (Å²) in [5, 5.41) is 15.1. The summed E-state index contributed by atoms with van der Waals surface area (Å²) in [6, 6.07) is 0. The molecule has 0 aliphatic carbocycles. The number of ether oxygens (including phenoxy) is 1. The molecule has 96 valence electrons. The van der Waals surface area contributed by atoms with Crippen LogP contribution in [0.5, 0.6) is 0 Å². The molecule has 0 aromatic carbocycles. The number of hydrogen-bond acceptors (Lipinski definition) is 3. The summed E-state index contributed by atoms with van der Waals surface area (Å²) in [6.45, 7) is 8.60. The lowest BCUT2D eigenvalue weighted by molar-refractivity contribution is 0.386. The van der Waals surface area contributed by atoms with Gasteiger partial charge in [-0.15, -0.1) is 0 Å². The monoisotopic (exact) mass is 237 g/mol. The zero-order valence-electron chi connectivity index (χ0n) is 11.4. The number of rotatable bonds is 5. The number of methoxy groups -OCH3 is 1. The largest absolute Gasteiger partial charge is 0.484 e. The van der Waals surface area contributed by atoms with Gasteiger partial charge in [0.15, 0.2) is 5.90 Å². The molecule has 0 aliphatic heterocycles. The molecule has 0 atom stereocenters. The first-order valence-electron chi connectivity index (χ1n) is 6.15. The van der Waals surface area contributed by atoms with E-state index in [1.807, 2.05) is 0 Å². The third-order valence-corrected chi connectivity index (χ3v) is 2.90. The SMILES string of the molecule is COC(=N)CCc1c(C(C)C)n[nH]c1C(C)C.